The van der Waals surface area contributed by atoms with Crippen molar-refractivity contribution in [3.8, 4) is 0 Å². The van der Waals surface area contributed by atoms with Gasteiger partial charge in [-0.1, -0.05) is 11.6 Å². The van der Waals surface area contributed by atoms with Crippen LogP contribution in [0.25, 0.3) is 0 Å². The molecule has 0 aliphatic rings. The second-order valence-electron chi connectivity index (χ2n) is 2.92. The van der Waals surface area contributed by atoms with Crippen LogP contribution in [0.15, 0.2) is 39.5 Å². The van der Waals surface area contributed by atoms with Gasteiger partial charge in [0.1, 0.15) is 5.76 Å². The van der Waals surface area contributed by atoms with Gasteiger partial charge in [-0.05, 0) is 34.1 Å². The molecule has 2 rings (SSSR count). The van der Waals surface area contributed by atoms with E-state index in [9.17, 15) is 0 Å². The van der Waals surface area contributed by atoms with E-state index in [0.29, 0.717) is 11.7 Å². The van der Waals surface area contributed by atoms with Crippen LogP contribution < -0.4 is 5.32 Å². The SMILES string of the molecule is Clc1ncc(Br)cc1NCc1ccco1. The molecule has 2 aromatic heterocycles. The van der Waals surface area contributed by atoms with Crippen LogP contribution in [0.1, 0.15) is 5.76 Å². The van der Waals surface area contributed by atoms with Crippen molar-refractivity contribution in [2.75, 3.05) is 5.32 Å². The van der Waals surface area contributed by atoms with Crippen LogP contribution >= 0.6 is 27.5 Å². The molecule has 0 aliphatic heterocycles. The van der Waals surface area contributed by atoms with Crippen molar-refractivity contribution in [3.05, 3.63) is 46.0 Å². The summed E-state index contributed by atoms with van der Waals surface area (Å²) in [4.78, 5) is 4.00. The van der Waals surface area contributed by atoms with Gasteiger partial charge in [0.05, 0.1) is 18.5 Å². The second-order valence-corrected chi connectivity index (χ2v) is 4.20. The maximum Gasteiger partial charge on any atom is 0.152 e. The number of nitrogens with zero attached hydrogens (tertiary/aromatic N) is 1. The van der Waals surface area contributed by atoms with Gasteiger partial charge in [-0.25, -0.2) is 4.98 Å². The monoisotopic (exact) mass is 286 g/mol. The molecule has 0 radical (unpaired) electrons. The van der Waals surface area contributed by atoms with Gasteiger partial charge in [0.15, 0.2) is 5.15 Å². The summed E-state index contributed by atoms with van der Waals surface area (Å²) >= 11 is 9.24. The molecule has 0 aliphatic carbocycles. The molecule has 0 saturated carbocycles. The number of furan rings is 1. The molecule has 5 heteroatoms. The molecule has 0 unspecified atom stereocenters. The van der Waals surface area contributed by atoms with Gasteiger partial charge >= 0.3 is 0 Å². The molecule has 0 saturated heterocycles. The summed E-state index contributed by atoms with van der Waals surface area (Å²) in [5.74, 6) is 0.853. The molecule has 0 spiro atoms. The van der Waals surface area contributed by atoms with Crippen molar-refractivity contribution in [1.29, 1.82) is 0 Å². The van der Waals surface area contributed by atoms with Gasteiger partial charge in [0.25, 0.3) is 0 Å². The first kappa shape index (κ1) is 10.5. The average molecular weight is 288 g/mol. The number of halogens is 2. The third kappa shape index (κ3) is 2.73. The topological polar surface area (TPSA) is 38.1 Å². The molecule has 0 amide bonds. The Kier molecular flexibility index (Phi) is 3.28. The Hall–Kier alpha value is -1.00. The summed E-state index contributed by atoms with van der Waals surface area (Å²) in [6.07, 6.45) is 3.29. The molecule has 1 N–H and O–H groups in total. The van der Waals surface area contributed by atoms with Gasteiger partial charge in [-0.15, -0.1) is 0 Å². The summed E-state index contributed by atoms with van der Waals surface area (Å²) in [6.45, 7) is 0.588. The fourth-order valence-corrected chi connectivity index (χ4v) is 1.64. The van der Waals surface area contributed by atoms with Crippen LogP contribution in [-0.2, 0) is 6.54 Å². The highest BCUT2D eigenvalue weighted by Crippen LogP contribution is 2.23. The number of pyridine rings is 1. The van der Waals surface area contributed by atoms with Crippen molar-refractivity contribution in [2.45, 2.75) is 6.54 Å². The lowest BCUT2D eigenvalue weighted by molar-refractivity contribution is 0.518. The third-order valence-corrected chi connectivity index (χ3v) is 2.57. The lowest BCUT2D eigenvalue weighted by Crippen LogP contribution is -1.99. The van der Waals surface area contributed by atoms with Gasteiger partial charge in [-0.2, -0.15) is 0 Å². The van der Waals surface area contributed by atoms with Gasteiger partial charge in [0, 0.05) is 10.7 Å². The predicted molar refractivity (Wildman–Crippen MR) is 63.0 cm³/mol. The Morgan fingerprint density at radius 2 is 2.40 bits per heavy atom. The Balaban J connectivity index is 2.07. The zero-order chi connectivity index (χ0) is 10.7. The molecule has 0 atom stereocenters. The number of nitrogens with one attached hydrogen (secondary N) is 1. The van der Waals surface area contributed by atoms with E-state index in [1.807, 2.05) is 18.2 Å². The minimum Gasteiger partial charge on any atom is -0.467 e. The summed E-state index contributed by atoms with van der Waals surface area (Å²) in [5, 5.41) is 3.59. The summed E-state index contributed by atoms with van der Waals surface area (Å²) < 4.78 is 6.07. The molecule has 0 aromatic carbocycles. The number of anilines is 1. The maximum atomic E-state index is 5.91. The Morgan fingerprint density at radius 1 is 1.53 bits per heavy atom. The van der Waals surface area contributed by atoms with Crippen LogP contribution in [0.3, 0.4) is 0 Å². The van der Waals surface area contributed by atoms with E-state index in [2.05, 4.69) is 26.2 Å². The van der Waals surface area contributed by atoms with E-state index in [1.165, 1.54) is 0 Å². The lowest BCUT2D eigenvalue weighted by atomic mass is 10.4. The van der Waals surface area contributed by atoms with Crippen molar-refractivity contribution in [3.63, 3.8) is 0 Å². The lowest BCUT2D eigenvalue weighted by Gasteiger charge is -2.06. The summed E-state index contributed by atoms with van der Waals surface area (Å²) in [5.41, 5.74) is 0.780. The Morgan fingerprint density at radius 3 is 3.13 bits per heavy atom. The van der Waals surface area contributed by atoms with Crippen LogP contribution in [0.5, 0.6) is 0 Å². The molecular weight excluding hydrogens is 279 g/mol. The van der Waals surface area contributed by atoms with E-state index in [-0.39, 0.29) is 0 Å². The summed E-state index contributed by atoms with van der Waals surface area (Å²) in [7, 11) is 0. The van der Waals surface area contributed by atoms with E-state index in [4.69, 9.17) is 16.0 Å². The second kappa shape index (κ2) is 4.68. The molecule has 2 heterocycles. The first-order chi connectivity index (χ1) is 7.25. The smallest absolute Gasteiger partial charge is 0.152 e. The summed E-state index contributed by atoms with van der Waals surface area (Å²) in [6, 6.07) is 5.61. The van der Waals surface area contributed by atoms with Crippen molar-refractivity contribution in [2.24, 2.45) is 0 Å². The highest BCUT2D eigenvalue weighted by atomic mass is 79.9. The van der Waals surface area contributed by atoms with Crippen LogP contribution in [0.2, 0.25) is 5.15 Å². The Labute approximate surface area is 101 Å². The molecule has 0 fully saturated rings. The zero-order valence-corrected chi connectivity index (χ0v) is 10.0. The minimum atomic E-state index is 0.449. The van der Waals surface area contributed by atoms with E-state index >= 15 is 0 Å². The highest BCUT2D eigenvalue weighted by Gasteiger charge is 2.02. The van der Waals surface area contributed by atoms with Crippen molar-refractivity contribution >= 4 is 33.2 Å². The quantitative estimate of drug-likeness (QED) is 0.875. The fourth-order valence-electron chi connectivity index (χ4n) is 1.14. The first-order valence-corrected chi connectivity index (χ1v) is 5.50. The van der Waals surface area contributed by atoms with Crippen LogP contribution in [0.4, 0.5) is 5.69 Å². The van der Waals surface area contributed by atoms with Crippen molar-refractivity contribution < 1.29 is 4.42 Å². The average Bonchev–Trinajstić information content (AvgIpc) is 2.72. The van der Waals surface area contributed by atoms with Gasteiger partial charge in [-0.3, -0.25) is 0 Å². The Bertz CT molecular complexity index is 445. The molecule has 3 nitrogen and oxygen atoms in total. The minimum absolute atomic E-state index is 0.449. The van der Waals surface area contributed by atoms with Crippen molar-refractivity contribution in [1.82, 2.24) is 4.98 Å². The normalized spacial score (nSPS) is 10.3. The van der Waals surface area contributed by atoms with E-state index < -0.39 is 0 Å². The zero-order valence-electron chi connectivity index (χ0n) is 7.71. The fraction of sp³-hybridized carbons (Fsp3) is 0.100. The number of hydrogen-bond donors (Lipinski definition) is 1. The van der Waals surface area contributed by atoms with E-state index in [1.54, 1.807) is 12.5 Å². The van der Waals surface area contributed by atoms with Gasteiger partial charge < -0.3 is 9.73 Å². The molecule has 15 heavy (non-hydrogen) atoms. The molecular formula is C10H8BrClN2O. The number of aromatic nitrogens is 1. The first-order valence-electron chi connectivity index (χ1n) is 4.33. The third-order valence-electron chi connectivity index (χ3n) is 1.84. The highest BCUT2D eigenvalue weighted by molar-refractivity contribution is 9.10. The van der Waals surface area contributed by atoms with E-state index in [0.717, 1.165) is 15.9 Å². The number of rotatable bonds is 3. The van der Waals surface area contributed by atoms with Gasteiger partial charge in [0.2, 0.25) is 0 Å². The molecule has 2 aromatic rings. The molecule has 0 bridgehead atoms. The van der Waals surface area contributed by atoms with Crippen LogP contribution in [0, 0.1) is 0 Å². The maximum absolute atomic E-state index is 5.91. The van der Waals surface area contributed by atoms with Crippen LogP contribution in [-0.4, -0.2) is 4.98 Å². The number of hydrogen-bond acceptors (Lipinski definition) is 3. The standard InChI is InChI=1S/C10H8BrClN2O/c11-7-4-9(10(12)14-5-7)13-6-8-2-1-3-15-8/h1-5,13H,6H2. The predicted octanol–water partition coefficient (Wildman–Crippen LogP) is 3.70. The largest absolute Gasteiger partial charge is 0.467 e. The molecule has 78 valence electrons.